The van der Waals surface area contributed by atoms with Gasteiger partial charge in [-0.05, 0) is 6.07 Å². The highest BCUT2D eigenvalue weighted by molar-refractivity contribution is 5.49. The highest BCUT2D eigenvalue weighted by Gasteiger charge is 2.16. The van der Waals surface area contributed by atoms with Gasteiger partial charge >= 0.3 is 0 Å². The lowest BCUT2D eigenvalue weighted by Gasteiger charge is -2.07. The Labute approximate surface area is 73.8 Å². The molecule has 68 valence electrons. The molecule has 0 amide bonds. The number of anilines is 1. The molecule has 0 saturated heterocycles. The molecule has 1 aromatic heterocycles. The third-order valence-electron chi connectivity index (χ3n) is 1.57. The van der Waals surface area contributed by atoms with E-state index in [0.29, 0.717) is 0 Å². The predicted molar refractivity (Wildman–Crippen MR) is 42.9 cm³/mol. The minimum Gasteiger partial charge on any atom is -0.398 e. The smallest absolute Gasteiger partial charge is 0.267 e. The van der Waals surface area contributed by atoms with Gasteiger partial charge in [0.15, 0.2) is 0 Å². The molecule has 13 heavy (non-hydrogen) atoms. The Hall–Kier alpha value is -1.70. The number of nitriles is 1. The number of alkyl halides is 2. The number of nitrogens with zero attached hydrogens (tertiary/aromatic N) is 2. The van der Waals surface area contributed by atoms with Crippen molar-refractivity contribution in [1.29, 1.82) is 5.26 Å². The van der Waals surface area contributed by atoms with Crippen LogP contribution >= 0.6 is 0 Å². The topological polar surface area (TPSA) is 62.7 Å². The largest absolute Gasteiger partial charge is 0.398 e. The number of halogens is 2. The van der Waals surface area contributed by atoms with Crippen molar-refractivity contribution in [2.75, 3.05) is 5.73 Å². The Morgan fingerprint density at radius 3 is 2.85 bits per heavy atom. The van der Waals surface area contributed by atoms with Gasteiger partial charge in [-0.25, -0.2) is 8.78 Å². The molecule has 0 aliphatic heterocycles. The van der Waals surface area contributed by atoms with Gasteiger partial charge in [0.2, 0.25) is 0 Å². The van der Waals surface area contributed by atoms with Crippen molar-refractivity contribution >= 4 is 5.69 Å². The summed E-state index contributed by atoms with van der Waals surface area (Å²) in [6, 6.07) is 3.05. The number of rotatable bonds is 2. The molecule has 0 saturated carbocycles. The average molecular weight is 183 g/mol. The molecule has 0 fully saturated rings. The number of hydrogen-bond donors (Lipinski definition) is 1. The highest BCUT2D eigenvalue weighted by atomic mass is 19.3. The van der Waals surface area contributed by atoms with Crippen molar-refractivity contribution in [1.82, 2.24) is 4.98 Å². The zero-order valence-corrected chi connectivity index (χ0v) is 6.67. The number of hydrogen-bond acceptors (Lipinski definition) is 3. The molecule has 1 rings (SSSR count). The van der Waals surface area contributed by atoms with Crippen LogP contribution in [0.5, 0.6) is 0 Å². The van der Waals surface area contributed by atoms with Crippen molar-refractivity contribution in [2.45, 2.75) is 12.8 Å². The van der Waals surface area contributed by atoms with Gasteiger partial charge in [-0.1, -0.05) is 0 Å². The molecule has 0 radical (unpaired) electrons. The second-order valence-electron chi connectivity index (χ2n) is 2.40. The summed E-state index contributed by atoms with van der Waals surface area (Å²) in [7, 11) is 0. The molecule has 3 nitrogen and oxygen atoms in total. The van der Waals surface area contributed by atoms with Gasteiger partial charge in [-0.3, -0.25) is 4.98 Å². The van der Waals surface area contributed by atoms with Crippen LogP contribution in [0, 0.1) is 11.3 Å². The van der Waals surface area contributed by atoms with Crippen molar-refractivity contribution in [3.05, 3.63) is 23.5 Å². The summed E-state index contributed by atoms with van der Waals surface area (Å²) in [5, 5.41) is 8.34. The molecule has 0 aliphatic carbocycles. The number of nitrogen functional groups attached to an aromatic ring is 1. The van der Waals surface area contributed by atoms with Gasteiger partial charge in [0.25, 0.3) is 6.43 Å². The number of nitrogens with two attached hydrogens (primary N) is 1. The third kappa shape index (κ3) is 1.90. The molecule has 0 aromatic carbocycles. The van der Waals surface area contributed by atoms with Gasteiger partial charge in [0, 0.05) is 11.9 Å². The molecule has 0 aliphatic rings. The van der Waals surface area contributed by atoms with Crippen LogP contribution in [0.25, 0.3) is 0 Å². The van der Waals surface area contributed by atoms with Crippen molar-refractivity contribution in [3.8, 4) is 6.07 Å². The minimum atomic E-state index is -2.68. The molecule has 0 spiro atoms. The maximum atomic E-state index is 12.4. The van der Waals surface area contributed by atoms with E-state index in [-0.39, 0.29) is 23.4 Å². The molecule has 0 unspecified atom stereocenters. The fourth-order valence-electron chi connectivity index (χ4n) is 1.00. The number of aromatic nitrogens is 1. The van der Waals surface area contributed by atoms with E-state index < -0.39 is 6.43 Å². The Morgan fingerprint density at radius 1 is 1.62 bits per heavy atom. The lowest BCUT2D eigenvalue weighted by Crippen LogP contribution is -2.02. The first-order chi connectivity index (χ1) is 6.16. The van der Waals surface area contributed by atoms with E-state index in [1.54, 1.807) is 6.07 Å². The van der Waals surface area contributed by atoms with Gasteiger partial charge < -0.3 is 5.73 Å². The van der Waals surface area contributed by atoms with Crippen LogP contribution in [0.4, 0.5) is 14.5 Å². The zero-order chi connectivity index (χ0) is 9.84. The van der Waals surface area contributed by atoms with Gasteiger partial charge in [-0.2, -0.15) is 5.26 Å². The summed E-state index contributed by atoms with van der Waals surface area (Å²) >= 11 is 0. The average Bonchev–Trinajstić information content (AvgIpc) is 2.04. The van der Waals surface area contributed by atoms with Crippen molar-refractivity contribution in [2.24, 2.45) is 0 Å². The summed E-state index contributed by atoms with van der Waals surface area (Å²) in [6.07, 6.45) is -1.52. The Morgan fingerprint density at radius 2 is 2.31 bits per heavy atom. The predicted octanol–water partition coefficient (Wildman–Crippen LogP) is 1.67. The lowest BCUT2D eigenvalue weighted by atomic mass is 10.1. The van der Waals surface area contributed by atoms with Crippen molar-refractivity contribution < 1.29 is 8.78 Å². The van der Waals surface area contributed by atoms with Crippen LogP contribution in [0.15, 0.2) is 12.3 Å². The first-order valence-corrected chi connectivity index (χ1v) is 3.55. The molecule has 0 atom stereocenters. The fourth-order valence-corrected chi connectivity index (χ4v) is 1.00. The van der Waals surface area contributed by atoms with Crippen LogP contribution < -0.4 is 5.73 Å². The molecule has 0 bridgehead atoms. The maximum absolute atomic E-state index is 12.4. The molecule has 5 heteroatoms. The summed E-state index contributed by atoms with van der Waals surface area (Å²) in [6.45, 7) is 0. The van der Waals surface area contributed by atoms with Crippen LogP contribution in [0.2, 0.25) is 0 Å². The fraction of sp³-hybridized carbons (Fsp3) is 0.250. The van der Waals surface area contributed by atoms with E-state index in [0.717, 1.165) is 0 Å². The highest BCUT2D eigenvalue weighted by Crippen LogP contribution is 2.27. The molecular formula is C8H7F2N3. The van der Waals surface area contributed by atoms with E-state index in [2.05, 4.69) is 4.98 Å². The third-order valence-corrected chi connectivity index (χ3v) is 1.57. The quantitative estimate of drug-likeness (QED) is 0.758. The van der Waals surface area contributed by atoms with Crippen LogP contribution in [-0.2, 0) is 6.42 Å². The molecule has 1 aromatic rings. The minimum absolute atomic E-state index is 0.0183. The Balaban J connectivity index is 3.19. The summed E-state index contributed by atoms with van der Waals surface area (Å²) in [4.78, 5) is 3.67. The van der Waals surface area contributed by atoms with Gasteiger partial charge in [-0.15, -0.1) is 0 Å². The van der Waals surface area contributed by atoms with E-state index in [4.69, 9.17) is 11.0 Å². The van der Waals surface area contributed by atoms with E-state index in [1.807, 2.05) is 0 Å². The first kappa shape index (κ1) is 9.39. The SMILES string of the molecule is N#CCc1nccc(N)c1C(F)F. The van der Waals surface area contributed by atoms with Gasteiger partial charge in [0.1, 0.15) is 0 Å². The molecule has 2 N–H and O–H groups in total. The van der Waals surface area contributed by atoms with Crippen LogP contribution in [-0.4, -0.2) is 4.98 Å². The van der Waals surface area contributed by atoms with E-state index in [9.17, 15) is 8.78 Å². The standard InChI is InChI=1S/C8H7F2N3/c9-8(10)7-5(12)2-4-13-6(7)1-3-11/h2,4,8H,1H2,(H2,12,13). The normalized spacial score (nSPS) is 10.0. The first-order valence-electron chi connectivity index (χ1n) is 3.55. The van der Waals surface area contributed by atoms with Crippen LogP contribution in [0.3, 0.4) is 0 Å². The van der Waals surface area contributed by atoms with Gasteiger partial charge in [0.05, 0.1) is 23.7 Å². The van der Waals surface area contributed by atoms with Crippen molar-refractivity contribution in [3.63, 3.8) is 0 Å². The monoisotopic (exact) mass is 183 g/mol. The summed E-state index contributed by atoms with van der Waals surface area (Å²) in [5.74, 6) is 0. The summed E-state index contributed by atoms with van der Waals surface area (Å²) < 4.78 is 24.8. The molecule has 1 heterocycles. The Bertz CT molecular complexity index is 344. The second kappa shape index (κ2) is 3.81. The Kier molecular flexibility index (Phi) is 2.75. The number of pyridine rings is 1. The maximum Gasteiger partial charge on any atom is 0.267 e. The zero-order valence-electron chi connectivity index (χ0n) is 6.67. The summed E-state index contributed by atoms with van der Waals surface area (Å²) in [5.41, 5.74) is 5.03. The van der Waals surface area contributed by atoms with Crippen LogP contribution in [0.1, 0.15) is 17.7 Å². The lowest BCUT2D eigenvalue weighted by molar-refractivity contribution is 0.151. The van der Waals surface area contributed by atoms with E-state index >= 15 is 0 Å². The molecular weight excluding hydrogens is 176 g/mol. The second-order valence-corrected chi connectivity index (χ2v) is 2.40. The van der Waals surface area contributed by atoms with E-state index in [1.165, 1.54) is 12.3 Å².